The molecule has 0 saturated heterocycles. The van der Waals surface area contributed by atoms with Crippen LogP contribution < -0.4 is 5.32 Å². The highest BCUT2D eigenvalue weighted by molar-refractivity contribution is 7.14. The van der Waals surface area contributed by atoms with E-state index in [0.29, 0.717) is 6.04 Å². The lowest BCUT2D eigenvalue weighted by atomic mass is 10.4. The van der Waals surface area contributed by atoms with Crippen molar-refractivity contribution < 1.29 is 0 Å². The molecule has 0 atom stereocenters. The molecule has 0 saturated carbocycles. The van der Waals surface area contributed by atoms with E-state index in [1.165, 1.54) is 0 Å². The highest BCUT2D eigenvalue weighted by Gasteiger charge is 2.07. The van der Waals surface area contributed by atoms with Crippen LogP contribution in [0.3, 0.4) is 0 Å². The predicted molar refractivity (Wildman–Crippen MR) is 66.7 cm³/mol. The quantitative estimate of drug-likeness (QED) is 0.892. The highest BCUT2D eigenvalue weighted by Crippen LogP contribution is 2.26. The molecule has 0 amide bonds. The van der Waals surface area contributed by atoms with Gasteiger partial charge in [0, 0.05) is 16.8 Å². The summed E-state index contributed by atoms with van der Waals surface area (Å²) in [6.07, 6.45) is 0. The van der Waals surface area contributed by atoms with Gasteiger partial charge in [-0.2, -0.15) is 0 Å². The summed E-state index contributed by atoms with van der Waals surface area (Å²) in [5, 5.41) is 9.41. The van der Waals surface area contributed by atoms with Gasteiger partial charge < -0.3 is 5.32 Å². The molecule has 0 radical (unpaired) electrons. The summed E-state index contributed by atoms with van der Waals surface area (Å²) in [6, 6.07) is 0.418. The number of rotatable bonds is 3. The molecule has 0 aromatic carbocycles. The Labute approximate surface area is 97.2 Å². The Bertz CT molecular complexity index is 445. The molecule has 15 heavy (non-hydrogen) atoms. The van der Waals surface area contributed by atoms with E-state index in [4.69, 9.17) is 0 Å². The third-order valence-electron chi connectivity index (χ3n) is 1.80. The number of aromatic nitrogens is 2. The van der Waals surface area contributed by atoms with Crippen molar-refractivity contribution in [2.45, 2.75) is 26.8 Å². The molecule has 2 rings (SSSR count). The molecule has 5 heteroatoms. The number of hydrogen-bond acceptors (Lipinski definition) is 5. The Morgan fingerprint density at radius 3 is 2.40 bits per heavy atom. The van der Waals surface area contributed by atoms with Crippen molar-refractivity contribution in [3.05, 3.63) is 15.8 Å². The third kappa shape index (κ3) is 2.54. The standard InChI is InChI=1S/C10H13N3S2/c1-6(2)11-10-13-9(5-15-10)8-4-14-7(3)12-8/h4-6H,1-3H3,(H,11,13). The van der Waals surface area contributed by atoms with Crippen LogP contribution in [0.1, 0.15) is 18.9 Å². The van der Waals surface area contributed by atoms with Crippen LogP contribution in [0.15, 0.2) is 10.8 Å². The average Bonchev–Trinajstić information content (AvgIpc) is 2.72. The van der Waals surface area contributed by atoms with Gasteiger partial charge in [0.15, 0.2) is 5.13 Å². The summed E-state index contributed by atoms with van der Waals surface area (Å²) in [4.78, 5) is 8.89. The summed E-state index contributed by atoms with van der Waals surface area (Å²) >= 11 is 3.28. The molecule has 80 valence electrons. The number of anilines is 1. The molecule has 3 nitrogen and oxygen atoms in total. The smallest absolute Gasteiger partial charge is 0.183 e. The van der Waals surface area contributed by atoms with Crippen LogP contribution in [0.25, 0.3) is 11.4 Å². The number of nitrogens with zero attached hydrogens (tertiary/aromatic N) is 2. The van der Waals surface area contributed by atoms with Crippen LogP contribution in [0.5, 0.6) is 0 Å². The fourth-order valence-electron chi connectivity index (χ4n) is 1.19. The van der Waals surface area contributed by atoms with Gasteiger partial charge >= 0.3 is 0 Å². The minimum Gasteiger partial charge on any atom is -0.359 e. The van der Waals surface area contributed by atoms with Crippen molar-refractivity contribution in [1.82, 2.24) is 9.97 Å². The van der Waals surface area contributed by atoms with E-state index in [1.54, 1.807) is 22.7 Å². The normalized spacial score (nSPS) is 10.9. The van der Waals surface area contributed by atoms with Gasteiger partial charge in [0.1, 0.15) is 11.4 Å². The van der Waals surface area contributed by atoms with E-state index < -0.39 is 0 Å². The second kappa shape index (κ2) is 4.28. The van der Waals surface area contributed by atoms with Crippen molar-refractivity contribution in [2.75, 3.05) is 5.32 Å². The van der Waals surface area contributed by atoms with Crippen LogP contribution in [-0.4, -0.2) is 16.0 Å². The fourth-order valence-corrected chi connectivity index (χ4v) is 2.64. The zero-order chi connectivity index (χ0) is 10.8. The maximum atomic E-state index is 4.49. The van der Waals surface area contributed by atoms with E-state index in [0.717, 1.165) is 21.5 Å². The minimum absolute atomic E-state index is 0.418. The third-order valence-corrected chi connectivity index (χ3v) is 3.34. The highest BCUT2D eigenvalue weighted by atomic mass is 32.1. The molecule has 0 unspecified atom stereocenters. The summed E-state index contributed by atoms with van der Waals surface area (Å²) in [5.74, 6) is 0. The first-order chi connectivity index (χ1) is 7.15. The molecule has 0 aliphatic carbocycles. The van der Waals surface area contributed by atoms with Gasteiger partial charge in [0.05, 0.1) is 5.01 Å². The van der Waals surface area contributed by atoms with Crippen molar-refractivity contribution in [2.24, 2.45) is 0 Å². The molecule has 0 aliphatic rings. The number of nitrogens with one attached hydrogen (secondary N) is 1. The lowest BCUT2D eigenvalue weighted by Crippen LogP contribution is -2.08. The van der Waals surface area contributed by atoms with E-state index in [9.17, 15) is 0 Å². The second-order valence-electron chi connectivity index (χ2n) is 3.59. The maximum absolute atomic E-state index is 4.49. The van der Waals surface area contributed by atoms with E-state index in [1.807, 2.05) is 17.7 Å². The van der Waals surface area contributed by atoms with Gasteiger partial charge in [0.25, 0.3) is 0 Å². The Morgan fingerprint density at radius 2 is 1.80 bits per heavy atom. The first-order valence-electron chi connectivity index (χ1n) is 4.79. The molecular weight excluding hydrogens is 226 g/mol. The first-order valence-corrected chi connectivity index (χ1v) is 6.55. The second-order valence-corrected chi connectivity index (χ2v) is 5.51. The van der Waals surface area contributed by atoms with Crippen LogP contribution in [-0.2, 0) is 0 Å². The van der Waals surface area contributed by atoms with Crippen molar-refractivity contribution in [1.29, 1.82) is 0 Å². The molecule has 0 spiro atoms. The summed E-state index contributed by atoms with van der Waals surface area (Å²) in [6.45, 7) is 6.22. The zero-order valence-electron chi connectivity index (χ0n) is 8.94. The van der Waals surface area contributed by atoms with Gasteiger partial charge in [-0.15, -0.1) is 22.7 Å². The van der Waals surface area contributed by atoms with Gasteiger partial charge in [-0.25, -0.2) is 9.97 Å². The molecule has 2 heterocycles. The Morgan fingerprint density at radius 1 is 1.13 bits per heavy atom. The molecule has 2 aromatic heterocycles. The monoisotopic (exact) mass is 239 g/mol. The lowest BCUT2D eigenvalue weighted by Gasteiger charge is -2.04. The van der Waals surface area contributed by atoms with Crippen molar-refractivity contribution in [3.63, 3.8) is 0 Å². The Kier molecular flexibility index (Phi) is 3.02. The summed E-state index contributed by atoms with van der Waals surface area (Å²) in [5.41, 5.74) is 1.94. The molecule has 0 fully saturated rings. The van der Waals surface area contributed by atoms with Crippen molar-refractivity contribution in [3.8, 4) is 11.4 Å². The molecular formula is C10H13N3S2. The van der Waals surface area contributed by atoms with Gasteiger partial charge in [-0.05, 0) is 20.8 Å². The first kappa shape index (κ1) is 10.6. The number of hydrogen-bond donors (Lipinski definition) is 1. The summed E-state index contributed by atoms with van der Waals surface area (Å²) < 4.78 is 0. The average molecular weight is 239 g/mol. The largest absolute Gasteiger partial charge is 0.359 e. The molecule has 0 bridgehead atoms. The van der Waals surface area contributed by atoms with Gasteiger partial charge in [-0.1, -0.05) is 0 Å². The topological polar surface area (TPSA) is 37.8 Å². The maximum Gasteiger partial charge on any atom is 0.183 e. The van der Waals surface area contributed by atoms with Crippen LogP contribution in [0, 0.1) is 6.92 Å². The van der Waals surface area contributed by atoms with E-state index in [2.05, 4.69) is 29.1 Å². The predicted octanol–water partition coefficient (Wildman–Crippen LogP) is 3.40. The molecule has 0 aliphatic heterocycles. The molecule has 1 N–H and O–H groups in total. The Balaban J connectivity index is 2.20. The van der Waals surface area contributed by atoms with Gasteiger partial charge in [-0.3, -0.25) is 0 Å². The summed E-state index contributed by atoms with van der Waals surface area (Å²) in [7, 11) is 0. The molecule has 2 aromatic rings. The van der Waals surface area contributed by atoms with Gasteiger partial charge in [0.2, 0.25) is 0 Å². The number of thiazole rings is 2. The Hall–Kier alpha value is -0.940. The lowest BCUT2D eigenvalue weighted by molar-refractivity contribution is 0.896. The minimum atomic E-state index is 0.418. The van der Waals surface area contributed by atoms with Crippen LogP contribution in [0.2, 0.25) is 0 Å². The van der Waals surface area contributed by atoms with Crippen LogP contribution in [0.4, 0.5) is 5.13 Å². The van der Waals surface area contributed by atoms with Crippen LogP contribution >= 0.6 is 22.7 Å². The SMILES string of the molecule is Cc1nc(-c2csc(NC(C)C)n2)cs1. The van der Waals surface area contributed by atoms with Crippen molar-refractivity contribution >= 4 is 27.8 Å². The van der Waals surface area contributed by atoms with E-state index in [-0.39, 0.29) is 0 Å². The fraction of sp³-hybridized carbons (Fsp3) is 0.400. The zero-order valence-corrected chi connectivity index (χ0v) is 10.6. The van der Waals surface area contributed by atoms with E-state index >= 15 is 0 Å². The number of aryl methyl sites for hydroxylation is 1.